The summed E-state index contributed by atoms with van der Waals surface area (Å²) in [6.45, 7) is 3.81. The van der Waals surface area contributed by atoms with E-state index in [1.54, 1.807) is 6.07 Å². The van der Waals surface area contributed by atoms with Crippen LogP contribution in [0, 0.1) is 6.92 Å². The Balaban J connectivity index is 2.87. The van der Waals surface area contributed by atoms with Crippen LogP contribution in [0.3, 0.4) is 0 Å². The maximum absolute atomic E-state index is 11.8. The van der Waals surface area contributed by atoms with Crippen LogP contribution >= 0.6 is 27.5 Å². The van der Waals surface area contributed by atoms with Gasteiger partial charge in [0, 0.05) is 11.4 Å². The van der Waals surface area contributed by atoms with Crippen molar-refractivity contribution < 1.29 is 4.79 Å². The summed E-state index contributed by atoms with van der Waals surface area (Å²) in [6.07, 6.45) is 0. The Morgan fingerprint density at radius 1 is 1.60 bits per heavy atom. The van der Waals surface area contributed by atoms with E-state index in [9.17, 15) is 4.79 Å². The molecule has 0 saturated carbocycles. The fourth-order valence-electron chi connectivity index (χ4n) is 1.16. The molecule has 2 nitrogen and oxygen atoms in total. The Morgan fingerprint density at radius 2 is 2.27 bits per heavy atom. The smallest absolute Gasteiger partial charge is 0.253 e. The minimum atomic E-state index is -0.129. The fourth-order valence-corrected chi connectivity index (χ4v) is 1.54. The Bertz CT molecular complexity index is 368. The summed E-state index contributed by atoms with van der Waals surface area (Å²) in [6, 6.07) is 5.53. The first kappa shape index (κ1) is 12.5. The molecular formula is C11H13BrClNO. The van der Waals surface area contributed by atoms with Crippen molar-refractivity contribution in [3.8, 4) is 0 Å². The van der Waals surface area contributed by atoms with Gasteiger partial charge in [-0.2, -0.15) is 0 Å². The third kappa shape index (κ3) is 3.21. The Labute approximate surface area is 103 Å². The van der Waals surface area contributed by atoms with Crippen LogP contribution in [-0.4, -0.2) is 17.3 Å². The molecule has 0 aromatic heterocycles. The van der Waals surface area contributed by atoms with Crippen LogP contribution in [0.15, 0.2) is 18.2 Å². The van der Waals surface area contributed by atoms with Gasteiger partial charge in [-0.15, -0.1) is 0 Å². The number of hydrogen-bond donors (Lipinski definition) is 1. The predicted octanol–water partition coefficient (Wildman–Crippen LogP) is 3.16. The molecule has 0 fully saturated rings. The van der Waals surface area contributed by atoms with Crippen LogP contribution in [0.4, 0.5) is 0 Å². The zero-order valence-corrected chi connectivity index (χ0v) is 11.0. The number of nitrogens with one attached hydrogen (secondary N) is 1. The molecule has 1 amide bonds. The maximum atomic E-state index is 11.8. The van der Waals surface area contributed by atoms with Gasteiger partial charge in [0.15, 0.2) is 0 Å². The van der Waals surface area contributed by atoms with Crippen molar-refractivity contribution >= 4 is 33.4 Å². The molecule has 1 rings (SSSR count). The highest BCUT2D eigenvalue weighted by Crippen LogP contribution is 2.20. The van der Waals surface area contributed by atoms with Gasteiger partial charge in [-0.25, -0.2) is 0 Å². The summed E-state index contributed by atoms with van der Waals surface area (Å²) in [5.41, 5.74) is 1.44. The van der Waals surface area contributed by atoms with Crippen molar-refractivity contribution in [2.75, 3.05) is 5.33 Å². The van der Waals surface area contributed by atoms with Crippen molar-refractivity contribution in [1.82, 2.24) is 5.32 Å². The van der Waals surface area contributed by atoms with E-state index in [1.807, 2.05) is 26.0 Å². The standard InChI is InChI=1S/C11H13BrClNO/c1-7-4-3-5-9(10(7)13)11(15)14-8(2)6-12/h3-5,8H,6H2,1-2H3,(H,14,15). The van der Waals surface area contributed by atoms with Crippen LogP contribution in [0.2, 0.25) is 5.02 Å². The number of alkyl halides is 1. The zero-order chi connectivity index (χ0) is 11.4. The average molecular weight is 291 g/mol. The maximum Gasteiger partial charge on any atom is 0.253 e. The number of halogens is 2. The highest BCUT2D eigenvalue weighted by molar-refractivity contribution is 9.09. The van der Waals surface area contributed by atoms with Gasteiger partial charge < -0.3 is 5.32 Å². The van der Waals surface area contributed by atoms with Gasteiger partial charge in [0.25, 0.3) is 5.91 Å². The number of benzene rings is 1. The molecule has 1 N–H and O–H groups in total. The lowest BCUT2D eigenvalue weighted by molar-refractivity contribution is 0.0944. The molecule has 1 aromatic carbocycles. The van der Waals surface area contributed by atoms with E-state index in [4.69, 9.17) is 11.6 Å². The average Bonchev–Trinajstić information content (AvgIpc) is 2.21. The number of carbonyl (C=O) groups excluding carboxylic acids is 1. The summed E-state index contributed by atoms with van der Waals surface area (Å²) in [7, 11) is 0. The Morgan fingerprint density at radius 3 is 2.87 bits per heavy atom. The first-order valence-electron chi connectivity index (χ1n) is 4.68. The van der Waals surface area contributed by atoms with E-state index in [0.717, 1.165) is 10.9 Å². The molecule has 15 heavy (non-hydrogen) atoms. The first-order valence-corrected chi connectivity index (χ1v) is 6.18. The molecule has 0 aliphatic heterocycles. The van der Waals surface area contributed by atoms with Gasteiger partial charge >= 0.3 is 0 Å². The monoisotopic (exact) mass is 289 g/mol. The molecule has 1 unspecified atom stereocenters. The zero-order valence-electron chi connectivity index (χ0n) is 8.68. The van der Waals surface area contributed by atoms with E-state index in [-0.39, 0.29) is 11.9 Å². The second kappa shape index (κ2) is 5.52. The SMILES string of the molecule is Cc1cccc(C(=O)NC(C)CBr)c1Cl. The van der Waals surface area contributed by atoms with E-state index < -0.39 is 0 Å². The number of amides is 1. The van der Waals surface area contributed by atoms with Gasteiger partial charge in [0.2, 0.25) is 0 Å². The number of hydrogen-bond acceptors (Lipinski definition) is 1. The third-order valence-corrected chi connectivity index (χ3v) is 3.52. The number of aryl methyl sites for hydroxylation is 1. The summed E-state index contributed by atoms with van der Waals surface area (Å²) in [5, 5.41) is 4.09. The van der Waals surface area contributed by atoms with Crippen LogP contribution in [0.1, 0.15) is 22.8 Å². The van der Waals surface area contributed by atoms with Crippen molar-refractivity contribution in [2.45, 2.75) is 19.9 Å². The molecule has 0 aliphatic rings. The number of carbonyl (C=O) groups is 1. The molecule has 0 spiro atoms. The third-order valence-electron chi connectivity index (χ3n) is 2.05. The molecular weight excluding hydrogens is 277 g/mol. The number of rotatable bonds is 3. The van der Waals surface area contributed by atoms with Gasteiger partial charge in [-0.3, -0.25) is 4.79 Å². The summed E-state index contributed by atoms with van der Waals surface area (Å²) < 4.78 is 0. The molecule has 4 heteroatoms. The molecule has 0 aliphatic carbocycles. The van der Waals surface area contributed by atoms with Crippen molar-refractivity contribution in [2.24, 2.45) is 0 Å². The van der Waals surface area contributed by atoms with Crippen molar-refractivity contribution in [3.63, 3.8) is 0 Å². The topological polar surface area (TPSA) is 29.1 Å². The predicted molar refractivity (Wildman–Crippen MR) is 66.9 cm³/mol. The van der Waals surface area contributed by atoms with Gasteiger partial charge in [-0.05, 0) is 25.5 Å². The van der Waals surface area contributed by atoms with Crippen LogP contribution in [0.25, 0.3) is 0 Å². The molecule has 82 valence electrons. The quantitative estimate of drug-likeness (QED) is 0.851. The van der Waals surface area contributed by atoms with E-state index in [1.165, 1.54) is 0 Å². The molecule has 0 heterocycles. The van der Waals surface area contributed by atoms with Gasteiger partial charge in [-0.1, -0.05) is 39.7 Å². The van der Waals surface area contributed by atoms with Crippen LogP contribution in [0.5, 0.6) is 0 Å². The molecule has 0 bridgehead atoms. The highest BCUT2D eigenvalue weighted by atomic mass is 79.9. The lowest BCUT2D eigenvalue weighted by atomic mass is 10.1. The van der Waals surface area contributed by atoms with Crippen molar-refractivity contribution in [3.05, 3.63) is 34.3 Å². The molecule has 0 radical (unpaired) electrons. The largest absolute Gasteiger partial charge is 0.349 e. The molecule has 0 saturated heterocycles. The van der Waals surface area contributed by atoms with Gasteiger partial charge in [0.05, 0.1) is 10.6 Å². The minimum Gasteiger partial charge on any atom is -0.349 e. The minimum absolute atomic E-state index is 0.0917. The summed E-state index contributed by atoms with van der Waals surface area (Å²) in [5.74, 6) is -0.129. The second-order valence-electron chi connectivity index (χ2n) is 3.47. The summed E-state index contributed by atoms with van der Waals surface area (Å²) >= 11 is 9.34. The lowest BCUT2D eigenvalue weighted by Gasteiger charge is -2.12. The Hall–Kier alpha value is -0.540. The molecule has 1 atom stereocenters. The fraction of sp³-hybridized carbons (Fsp3) is 0.364. The van der Waals surface area contributed by atoms with Crippen LogP contribution in [-0.2, 0) is 0 Å². The summed E-state index contributed by atoms with van der Waals surface area (Å²) in [4.78, 5) is 11.8. The van der Waals surface area contributed by atoms with E-state index >= 15 is 0 Å². The van der Waals surface area contributed by atoms with E-state index in [2.05, 4.69) is 21.2 Å². The Kier molecular flexibility index (Phi) is 4.61. The normalized spacial score (nSPS) is 12.3. The highest BCUT2D eigenvalue weighted by Gasteiger charge is 2.13. The van der Waals surface area contributed by atoms with Gasteiger partial charge in [0.1, 0.15) is 0 Å². The van der Waals surface area contributed by atoms with Crippen LogP contribution < -0.4 is 5.32 Å². The van der Waals surface area contributed by atoms with E-state index in [0.29, 0.717) is 10.6 Å². The molecule has 1 aromatic rings. The van der Waals surface area contributed by atoms with Crippen molar-refractivity contribution in [1.29, 1.82) is 0 Å². The second-order valence-corrected chi connectivity index (χ2v) is 4.49. The lowest BCUT2D eigenvalue weighted by Crippen LogP contribution is -2.33. The first-order chi connectivity index (χ1) is 7.06.